The van der Waals surface area contributed by atoms with E-state index in [-0.39, 0.29) is 37.2 Å². The van der Waals surface area contributed by atoms with Crippen molar-refractivity contribution in [1.82, 2.24) is 16.0 Å². The molecule has 0 aromatic carbocycles. The van der Waals surface area contributed by atoms with E-state index < -0.39 is 60.2 Å². The molecule has 0 rings (SSSR count). The van der Waals surface area contributed by atoms with Crippen molar-refractivity contribution in [2.75, 3.05) is 6.54 Å². The number of aliphatic imine (C=N–C) groups is 1. The highest BCUT2D eigenvalue weighted by atomic mass is 16.4. The summed E-state index contributed by atoms with van der Waals surface area (Å²) in [4.78, 5) is 65.2. The molecule has 0 heterocycles. The Kier molecular flexibility index (Phi) is 14.7. The number of hydrogen-bond acceptors (Lipinski definition) is 7. The van der Waals surface area contributed by atoms with Gasteiger partial charge in [0.05, 0.1) is 12.5 Å². The number of carboxylic acids is 1. The van der Waals surface area contributed by atoms with Crippen molar-refractivity contribution < 1.29 is 29.1 Å². The number of nitrogens with one attached hydrogen (secondary N) is 3. The van der Waals surface area contributed by atoms with Gasteiger partial charge in [0.25, 0.3) is 0 Å². The molecule has 0 radical (unpaired) electrons. The summed E-state index contributed by atoms with van der Waals surface area (Å²) in [5.41, 5.74) is 21.7. The monoisotopic (exact) mass is 514 g/mol. The zero-order chi connectivity index (χ0) is 28.0. The van der Waals surface area contributed by atoms with E-state index >= 15 is 0 Å². The molecule has 6 atom stereocenters. The molecule has 0 bridgehead atoms. The molecule has 0 aliphatic heterocycles. The van der Waals surface area contributed by atoms with E-state index in [1.54, 1.807) is 6.92 Å². The minimum absolute atomic E-state index is 0.0464. The Morgan fingerprint density at radius 3 is 1.86 bits per heavy atom. The summed E-state index contributed by atoms with van der Waals surface area (Å²) < 4.78 is 0. The van der Waals surface area contributed by atoms with Crippen LogP contribution in [0, 0.1) is 11.8 Å². The summed E-state index contributed by atoms with van der Waals surface area (Å²) in [6, 6.07) is -4.59. The van der Waals surface area contributed by atoms with E-state index in [1.807, 2.05) is 20.8 Å². The second-order valence-corrected chi connectivity index (χ2v) is 8.86. The van der Waals surface area contributed by atoms with E-state index in [0.717, 1.165) is 0 Å². The van der Waals surface area contributed by atoms with Crippen molar-refractivity contribution >= 4 is 35.6 Å². The van der Waals surface area contributed by atoms with Crippen molar-refractivity contribution in [2.24, 2.45) is 39.8 Å². The molecule has 0 aromatic rings. The predicted molar refractivity (Wildman–Crippen MR) is 134 cm³/mol. The van der Waals surface area contributed by atoms with Gasteiger partial charge in [-0.15, -0.1) is 0 Å². The fourth-order valence-corrected chi connectivity index (χ4v) is 3.17. The second-order valence-electron chi connectivity index (χ2n) is 8.86. The number of aliphatic carboxylic acids is 1. The summed E-state index contributed by atoms with van der Waals surface area (Å²) >= 11 is 0. The standard InChI is InChI=1S/C22H42N8O6/c1-5-11(3)16(24)19(33)30-17(12(4)6-2)20(34)28-13(8-7-9-27-22(25)26)18(32)29-14(21(35)36)10-15(23)31/h11-14,16-17H,5-10,24H2,1-4H3,(H2,23,31)(H,28,34)(H,29,32)(H,30,33)(H,35,36)(H4,25,26,27). The molecule has 0 fully saturated rings. The predicted octanol–water partition coefficient (Wildman–Crippen LogP) is -2.13. The first kappa shape index (κ1) is 32.6. The molecular formula is C22H42N8O6. The highest BCUT2D eigenvalue weighted by molar-refractivity contribution is 5.95. The fourth-order valence-electron chi connectivity index (χ4n) is 3.17. The van der Waals surface area contributed by atoms with Crippen LogP contribution in [0.2, 0.25) is 0 Å². The van der Waals surface area contributed by atoms with E-state index in [0.29, 0.717) is 12.8 Å². The minimum Gasteiger partial charge on any atom is -0.480 e. The maximum atomic E-state index is 13.2. The van der Waals surface area contributed by atoms with Gasteiger partial charge in [-0.2, -0.15) is 0 Å². The molecule has 12 N–H and O–H groups in total. The Morgan fingerprint density at radius 1 is 0.833 bits per heavy atom. The number of guanidine groups is 1. The van der Waals surface area contributed by atoms with Crippen LogP contribution in [-0.4, -0.2) is 71.4 Å². The fraction of sp³-hybridized carbons (Fsp3) is 0.727. The zero-order valence-corrected chi connectivity index (χ0v) is 21.5. The Hall–Kier alpha value is -3.42. The Morgan fingerprint density at radius 2 is 1.39 bits per heavy atom. The number of hydrogen-bond donors (Lipinski definition) is 8. The summed E-state index contributed by atoms with van der Waals surface area (Å²) in [5, 5.41) is 16.8. The summed E-state index contributed by atoms with van der Waals surface area (Å²) in [5.74, 6) is -4.92. The van der Waals surface area contributed by atoms with Gasteiger partial charge >= 0.3 is 5.97 Å². The van der Waals surface area contributed by atoms with E-state index in [1.165, 1.54) is 0 Å². The number of carboxylic acid groups (broad SMARTS) is 1. The van der Waals surface area contributed by atoms with Crippen LogP contribution in [-0.2, 0) is 24.0 Å². The lowest BCUT2D eigenvalue weighted by Gasteiger charge is -2.28. The molecule has 0 aliphatic carbocycles. The molecular weight excluding hydrogens is 472 g/mol. The third-order valence-electron chi connectivity index (χ3n) is 5.95. The smallest absolute Gasteiger partial charge is 0.326 e. The molecule has 0 aliphatic rings. The third-order valence-corrected chi connectivity index (χ3v) is 5.95. The first-order valence-corrected chi connectivity index (χ1v) is 12.0. The van der Waals surface area contributed by atoms with Crippen LogP contribution in [0.15, 0.2) is 4.99 Å². The normalized spacial score (nSPS) is 15.8. The van der Waals surface area contributed by atoms with Gasteiger partial charge in [-0.1, -0.05) is 40.5 Å². The molecule has 0 aromatic heterocycles. The van der Waals surface area contributed by atoms with Crippen molar-refractivity contribution in [3.63, 3.8) is 0 Å². The molecule has 36 heavy (non-hydrogen) atoms. The molecule has 14 nitrogen and oxygen atoms in total. The number of carbonyl (C=O) groups excluding carboxylic acids is 4. The van der Waals surface area contributed by atoms with Crippen LogP contribution in [0.1, 0.15) is 59.8 Å². The largest absolute Gasteiger partial charge is 0.480 e. The van der Waals surface area contributed by atoms with Gasteiger partial charge in [-0.25, -0.2) is 4.79 Å². The second kappa shape index (κ2) is 16.3. The average Bonchev–Trinajstić information content (AvgIpc) is 2.81. The van der Waals surface area contributed by atoms with E-state index in [2.05, 4.69) is 20.9 Å². The summed E-state index contributed by atoms with van der Waals surface area (Å²) in [6.45, 7) is 7.48. The topological polar surface area (TPSA) is 258 Å². The maximum Gasteiger partial charge on any atom is 0.326 e. The maximum absolute atomic E-state index is 13.2. The van der Waals surface area contributed by atoms with Gasteiger partial charge in [-0.05, 0) is 24.7 Å². The van der Waals surface area contributed by atoms with Gasteiger partial charge in [0.1, 0.15) is 18.1 Å². The molecule has 14 heteroatoms. The Balaban J connectivity index is 5.74. The highest BCUT2D eigenvalue weighted by Crippen LogP contribution is 2.12. The number of amides is 4. The van der Waals surface area contributed by atoms with Gasteiger partial charge in [0.2, 0.25) is 23.6 Å². The number of carbonyl (C=O) groups is 5. The van der Waals surface area contributed by atoms with Gasteiger partial charge in [0, 0.05) is 6.54 Å². The van der Waals surface area contributed by atoms with Crippen LogP contribution in [0.3, 0.4) is 0 Å². The van der Waals surface area contributed by atoms with Crippen molar-refractivity contribution in [2.45, 2.75) is 84.0 Å². The summed E-state index contributed by atoms with van der Waals surface area (Å²) in [6.07, 6.45) is 0.892. The van der Waals surface area contributed by atoms with Crippen LogP contribution < -0.4 is 38.9 Å². The minimum atomic E-state index is -1.58. The molecule has 0 saturated carbocycles. The zero-order valence-electron chi connectivity index (χ0n) is 21.5. The summed E-state index contributed by atoms with van der Waals surface area (Å²) in [7, 11) is 0. The molecule has 6 unspecified atom stereocenters. The average molecular weight is 515 g/mol. The Labute approximate surface area is 211 Å². The van der Waals surface area contributed by atoms with Gasteiger partial charge < -0.3 is 44.0 Å². The van der Waals surface area contributed by atoms with E-state index in [4.69, 9.17) is 22.9 Å². The number of nitrogens with zero attached hydrogens (tertiary/aromatic N) is 1. The van der Waals surface area contributed by atoms with Gasteiger partial charge in [-0.3, -0.25) is 24.2 Å². The van der Waals surface area contributed by atoms with Crippen LogP contribution in [0.4, 0.5) is 0 Å². The lowest BCUT2D eigenvalue weighted by molar-refractivity contribution is -0.144. The van der Waals surface area contributed by atoms with Crippen molar-refractivity contribution in [1.29, 1.82) is 0 Å². The number of nitrogens with two attached hydrogens (primary N) is 4. The third kappa shape index (κ3) is 11.8. The number of rotatable bonds is 17. The molecule has 0 saturated heterocycles. The highest BCUT2D eigenvalue weighted by Gasteiger charge is 2.33. The molecule has 206 valence electrons. The first-order valence-electron chi connectivity index (χ1n) is 12.0. The SMILES string of the molecule is CCC(C)C(N)C(=O)NC(C(=O)NC(CCCN=C(N)N)C(=O)NC(CC(N)=O)C(=O)O)C(C)CC. The van der Waals surface area contributed by atoms with Crippen LogP contribution in [0.25, 0.3) is 0 Å². The van der Waals surface area contributed by atoms with Gasteiger partial charge in [0.15, 0.2) is 5.96 Å². The molecule has 0 spiro atoms. The van der Waals surface area contributed by atoms with Crippen molar-refractivity contribution in [3.8, 4) is 0 Å². The van der Waals surface area contributed by atoms with Crippen LogP contribution in [0.5, 0.6) is 0 Å². The quantitative estimate of drug-likeness (QED) is 0.0598. The number of primary amides is 1. The van der Waals surface area contributed by atoms with E-state index in [9.17, 15) is 29.1 Å². The lowest BCUT2D eigenvalue weighted by Crippen LogP contribution is -2.59. The molecule has 4 amide bonds. The first-order chi connectivity index (χ1) is 16.7. The Bertz CT molecular complexity index is 801. The van der Waals surface area contributed by atoms with Crippen molar-refractivity contribution in [3.05, 3.63) is 0 Å². The van der Waals surface area contributed by atoms with Crippen LogP contribution >= 0.6 is 0 Å². The lowest BCUT2D eigenvalue weighted by atomic mass is 9.95.